The smallest absolute Gasteiger partial charge is 0.0894 e. The molecule has 4 heteroatoms. The van der Waals surface area contributed by atoms with E-state index in [2.05, 4.69) is 20.0 Å². The zero-order valence-corrected chi connectivity index (χ0v) is 9.31. The van der Waals surface area contributed by atoms with Crippen LogP contribution in [0.2, 0.25) is 0 Å². The Hall–Kier alpha value is -0.160. The summed E-state index contributed by atoms with van der Waals surface area (Å²) in [6.45, 7) is 5.30. The Morgan fingerprint density at radius 3 is 1.47 bits per heavy atom. The van der Waals surface area contributed by atoms with Crippen LogP contribution in [0.1, 0.15) is 32.1 Å². The average Bonchev–Trinajstić information content (AvgIpc) is 2.94. The molecule has 0 bridgehead atoms. The van der Waals surface area contributed by atoms with Gasteiger partial charge in [0.1, 0.15) is 0 Å². The summed E-state index contributed by atoms with van der Waals surface area (Å²) in [5, 5.41) is 10.2. The van der Waals surface area contributed by atoms with Crippen LogP contribution in [0.25, 0.3) is 0 Å². The molecule has 4 aliphatic heterocycles. The lowest BCUT2D eigenvalue weighted by Crippen LogP contribution is -2.09. The molecule has 0 aromatic carbocycles. The van der Waals surface area contributed by atoms with Gasteiger partial charge in [0.2, 0.25) is 0 Å². The van der Waals surface area contributed by atoms with E-state index in [9.17, 15) is 0 Å². The van der Waals surface area contributed by atoms with Crippen molar-refractivity contribution in [1.82, 2.24) is 20.0 Å². The van der Waals surface area contributed by atoms with Crippen molar-refractivity contribution in [2.24, 2.45) is 0 Å². The highest BCUT2D eigenvalue weighted by Gasteiger charge is 2.49. The van der Waals surface area contributed by atoms with Crippen molar-refractivity contribution in [3.63, 3.8) is 0 Å². The van der Waals surface area contributed by atoms with Gasteiger partial charge < -0.3 is 0 Å². The fraction of sp³-hybridized carbons (Fsp3) is 1.00. The minimum atomic E-state index is 0.836. The SMILES string of the molecule is C(CC1N2CCCN12)CC1N2CCCN12. The minimum Gasteiger partial charge on any atom is -0.222 e. The van der Waals surface area contributed by atoms with Crippen LogP contribution in [0.4, 0.5) is 0 Å². The molecule has 4 unspecified atom stereocenters. The molecule has 15 heavy (non-hydrogen) atoms. The molecule has 0 amide bonds. The maximum Gasteiger partial charge on any atom is 0.0894 e. The first-order valence-corrected chi connectivity index (χ1v) is 6.51. The third kappa shape index (κ3) is 1.35. The van der Waals surface area contributed by atoms with E-state index >= 15 is 0 Å². The molecular weight excluding hydrogens is 188 g/mol. The summed E-state index contributed by atoms with van der Waals surface area (Å²) < 4.78 is 0. The van der Waals surface area contributed by atoms with E-state index < -0.39 is 0 Å². The van der Waals surface area contributed by atoms with Crippen LogP contribution < -0.4 is 0 Å². The van der Waals surface area contributed by atoms with E-state index in [1.807, 2.05) is 0 Å². The third-order valence-corrected chi connectivity index (χ3v) is 4.40. The standard InChI is InChI=1S/C11H20N4/c1(4-10-12-6-2-7-13(10)12)5-11-14-8-3-9-15(11)14/h10-11H,1-9H2. The predicted octanol–water partition coefficient (Wildman–Crippen LogP) is 0.681. The zero-order chi connectivity index (χ0) is 9.83. The molecule has 4 rings (SSSR count). The number of hydrogen-bond donors (Lipinski definition) is 0. The summed E-state index contributed by atoms with van der Waals surface area (Å²) in [7, 11) is 0. The molecule has 4 aliphatic rings. The number of hydrogen-bond acceptors (Lipinski definition) is 4. The number of rotatable bonds is 4. The quantitative estimate of drug-likeness (QED) is 0.629. The molecular formula is C11H20N4. The molecule has 4 heterocycles. The highest BCUT2D eigenvalue weighted by Crippen LogP contribution is 2.38. The number of nitrogens with zero attached hydrogens (tertiary/aromatic N) is 4. The molecule has 84 valence electrons. The van der Waals surface area contributed by atoms with Crippen LogP contribution in [0.3, 0.4) is 0 Å². The molecule has 4 atom stereocenters. The van der Waals surface area contributed by atoms with Gasteiger partial charge in [-0.05, 0) is 32.1 Å². The Morgan fingerprint density at radius 2 is 1.07 bits per heavy atom. The Morgan fingerprint density at radius 1 is 0.667 bits per heavy atom. The summed E-state index contributed by atoms with van der Waals surface area (Å²) in [6, 6.07) is 0. The average molecular weight is 208 g/mol. The Labute approximate surface area is 91.3 Å². The first-order chi connectivity index (χ1) is 7.45. The largest absolute Gasteiger partial charge is 0.222 e. The highest BCUT2D eigenvalue weighted by molar-refractivity contribution is 4.91. The van der Waals surface area contributed by atoms with Crippen molar-refractivity contribution in [3.8, 4) is 0 Å². The van der Waals surface area contributed by atoms with Gasteiger partial charge in [-0.3, -0.25) is 0 Å². The molecule has 0 saturated carbocycles. The van der Waals surface area contributed by atoms with E-state index in [1.54, 1.807) is 0 Å². The molecule has 0 spiro atoms. The van der Waals surface area contributed by atoms with Gasteiger partial charge >= 0.3 is 0 Å². The minimum absolute atomic E-state index is 0.836. The van der Waals surface area contributed by atoms with Gasteiger partial charge in [0.05, 0.1) is 12.3 Å². The molecule has 4 nitrogen and oxygen atoms in total. The summed E-state index contributed by atoms with van der Waals surface area (Å²) in [5.74, 6) is 0. The van der Waals surface area contributed by atoms with E-state index in [4.69, 9.17) is 0 Å². The van der Waals surface area contributed by atoms with E-state index in [0.29, 0.717) is 0 Å². The highest BCUT2D eigenvalue weighted by atomic mass is 15.9. The predicted molar refractivity (Wildman–Crippen MR) is 57.5 cm³/mol. The number of hydrazine groups is 2. The Balaban J connectivity index is 1.17. The van der Waals surface area contributed by atoms with Gasteiger partial charge in [0, 0.05) is 26.2 Å². The van der Waals surface area contributed by atoms with Gasteiger partial charge in [-0.2, -0.15) is 0 Å². The summed E-state index contributed by atoms with van der Waals surface area (Å²) in [4.78, 5) is 0. The number of fused-ring (bicyclic) bond motifs is 2. The second kappa shape index (κ2) is 3.17. The van der Waals surface area contributed by atoms with Crippen LogP contribution in [0.5, 0.6) is 0 Å². The van der Waals surface area contributed by atoms with Crippen LogP contribution in [-0.4, -0.2) is 58.5 Å². The normalized spacial score (nSPS) is 55.2. The van der Waals surface area contributed by atoms with E-state index in [0.717, 1.165) is 12.3 Å². The van der Waals surface area contributed by atoms with Crippen LogP contribution in [0, 0.1) is 0 Å². The van der Waals surface area contributed by atoms with Gasteiger partial charge in [0.25, 0.3) is 0 Å². The molecule has 4 fully saturated rings. The first kappa shape index (κ1) is 8.93. The second-order valence-electron chi connectivity index (χ2n) is 5.25. The topological polar surface area (TPSA) is 12.0 Å². The Bertz CT molecular complexity index is 223. The van der Waals surface area contributed by atoms with E-state index in [-0.39, 0.29) is 0 Å². The van der Waals surface area contributed by atoms with Crippen molar-refractivity contribution >= 4 is 0 Å². The molecule has 4 saturated heterocycles. The van der Waals surface area contributed by atoms with Crippen molar-refractivity contribution in [3.05, 3.63) is 0 Å². The maximum absolute atomic E-state index is 2.55. The molecule has 0 aliphatic carbocycles. The molecule has 0 aromatic heterocycles. The lowest BCUT2D eigenvalue weighted by Gasteiger charge is -2.02. The second-order valence-corrected chi connectivity index (χ2v) is 5.25. The van der Waals surface area contributed by atoms with Crippen molar-refractivity contribution in [2.45, 2.75) is 44.4 Å². The van der Waals surface area contributed by atoms with Crippen molar-refractivity contribution in [2.75, 3.05) is 26.2 Å². The van der Waals surface area contributed by atoms with Crippen LogP contribution in [-0.2, 0) is 0 Å². The van der Waals surface area contributed by atoms with Crippen LogP contribution in [0.15, 0.2) is 0 Å². The van der Waals surface area contributed by atoms with Gasteiger partial charge in [-0.25, -0.2) is 20.0 Å². The summed E-state index contributed by atoms with van der Waals surface area (Å²) >= 11 is 0. The zero-order valence-electron chi connectivity index (χ0n) is 9.31. The summed E-state index contributed by atoms with van der Waals surface area (Å²) in [6.07, 6.45) is 8.66. The molecule has 0 N–H and O–H groups in total. The molecule has 0 aromatic rings. The maximum atomic E-state index is 2.55. The fourth-order valence-corrected chi connectivity index (χ4v) is 3.57. The van der Waals surface area contributed by atoms with E-state index in [1.165, 1.54) is 58.3 Å². The van der Waals surface area contributed by atoms with Crippen molar-refractivity contribution in [1.29, 1.82) is 0 Å². The molecule has 0 radical (unpaired) electrons. The van der Waals surface area contributed by atoms with Gasteiger partial charge in [0.15, 0.2) is 0 Å². The van der Waals surface area contributed by atoms with Gasteiger partial charge in [-0.1, -0.05) is 0 Å². The lowest BCUT2D eigenvalue weighted by atomic mass is 10.2. The fourth-order valence-electron chi connectivity index (χ4n) is 3.57. The van der Waals surface area contributed by atoms with Gasteiger partial charge in [-0.15, -0.1) is 0 Å². The summed E-state index contributed by atoms with van der Waals surface area (Å²) in [5.41, 5.74) is 0. The van der Waals surface area contributed by atoms with Crippen molar-refractivity contribution < 1.29 is 0 Å². The third-order valence-electron chi connectivity index (χ3n) is 4.40. The van der Waals surface area contributed by atoms with Crippen LogP contribution >= 0.6 is 0 Å². The Kier molecular flexibility index (Phi) is 1.89. The lowest BCUT2D eigenvalue weighted by molar-refractivity contribution is 0.412. The monoisotopic (exact) mass is 208 g/mol. The first-order valence-electron chi connectivity index (χ1n) is 6.51.